The zero-order valence-corrected chi connectivity index (χ0v) is 10.9. The van der Waals surface area contributed by atoms with Gasteiger partial charge in [0.15, 0.2) is 0 Å². The SMILES string of the molecule is C[C@H]1CNC[C@@H](CC2CN(C)CCN2C)N1. The van der Waals surface area contributed by atoms with Gasteiger partial charge in [-0.1, -0.05) is 0 Å². The Kier molecular flexibility index (Phi) is 4.19. The standard InChI is InChI=1S/C12H26N4/c1-10-7-13-8-11(14-10)6-12-9-15(2)4-5-16(12)3/h10-14H,4-9H2,1-3H3/t10-,11+,12?/m0/s1. The molecule has 0 radical (unpaired) electrons. The molecule has 1 unspecified atom stereocenters. The first-order chi connectivity index (χ1) is 7.65. The molecule has 0 bridgehead atoms. The predicted molar refractivity (Wildman–Crippen MR) is 67.8 cm³/mol. The Morgan fingerprint density at radius 3 is 2.75 bits per heavy atom. The molecule has 3 atom stereocenters. The van der Waals surface area contributed by atoms with Crippen LogP contribution >= 0.6 is 0 Å². The fraction of sp³-hybridized carbons (Fsp3) is 1.00. The molecule has 0 aromatic rings. The minimum atomic E-state index is 0.616. The molecule has 94 valence electrons. The van der Waals surface area contributed by atoms with Gasteiger partial charge < -0.3 is 20.4 Å². The van der Waals surface area contributed by atoms with Crippen LogP contribution < -0.4 is 10.6 Å². The second-order valence-electron chi connectivity index (χ2n) is 5.56. The van der Waals surface area contributed by atoms with Crippen LogP contribution in [0.5, 0.6) is 0 Å². The summed E-state index contributed by atoms with van der Waals surface area (Å²) in [5.74, 6) is 0. The molecule has 2 heterocycles. The molecule has 2 N–H and O–H groups in total. The number of rotatable bonds is 2. The number of piperazine rings is 2. The highest BCUT2D eigenvalue weighted by molar-refractivity contribution is 4.88. The van der Waals surface area contributed by atoms with E-state index in [1.54, 1.807) is 0 Å². The van der Waals surface area contributed by atoms with E-state index in [0.717, 1.165) is 13.1 Å². The van der Waals surface area contributed by atoms with Gasteiger partial charge in [0.1, 0.15) is 0 Å². The van der Waals surface area contributed by atoms with Gasteiger partial charge >= 0.3 is 0 Å². The molecule has 0 saturated carbocycles. The lowest BCUT2D eigenvalue weighted by Gasteiger charge is -2.41. The molecule has 2 aliphatic heterocycles. The molecule has 2 aliphatic rings. The van der Waals surface area contributed by atoms with E-state index in [2.05, 4.69) is 41.5 Å². The summed E-state index contributed by atoms with van der Waals surface area (Å²) < 4.78 is 0. The monoisotopic (exact) mass is 226 g/mol. The molecule has 0 aromatic heterocycles. The Hall–Kier alpha value is -0.160. The summed E-state index contributed by atoms with van der Waals surface area (Å²) in [5.41, 5.74) is 0. The van der Waals surface area contributed by atoms with E-state index in [4.69, 9.17) is 0 Å². The summed E-state index contributed by atoms with van der Waals surface area (Å²) in [5, 5.41) is 7.20. The van der Waals surface area contributed by atoms with Crippen LogP contribution in [0.2, 0.25) is 0 Å². The maximum atomic E-state index is 3.69. The van der Waals surface area contributed by atoms with Gasteiger partial charge in [0.25, 0.3) is 0 Å². The predicted octanol–water partition coefficient (Wildman–Crippen LogP) is -0.428. The third kappa shape index (κ3) is 3.17. The molecule has 0 aromatic carbocycles. The van der Waals surface area contributed by atoms with Crippen molar-refractivity contribution in [2.75, 3.05) is 46.8 Å². The lowest BCUT2D eigenvalue weighted by molar-refractivity contribution is 0.0975. The molecule has 0 aliphatic carbocycles. The van der Waals surface area contributed by atoms with Gasteiger partial charge in [0.05, 0.1) is 0 Å². The van der Waals surface area contributed by atoms with E-state index in [1.165, 1.54) is 26.1 Å². The molecule has 2 fully saturated rings. The molecule has 4 nitrogen and oxygen atoms in total. The Morgan fingerprint density at radius 1 is 1.19 bits per heavy atom. The number of hydrogen-bond donors (Lipinski definition) is 2. The molecule has 0 amide bonds. The first-order valence-electron chi connectivity index (χ1n) is 6.50. The van der Waals surface area contributed by atoms with Crippen molar-refractivity contribution in [1.82, 2.24) is 20.4 Å². The van der Waals surface area contributed by atoms with E-state index in [9.17, 15) is 0 Å². The molecule has 2 saturated heterocycles. The van der Waals surface area contributed by atoms with Crippen LogP contribution in [-0.4, -0.2) is 74.7 Å². The average Bonchev–Trinajstić information content (AvgIpc) is 2.24. The van der Waals surface area contributed by atoms with E-state index < -0.39 is 0 Å². The number of hydrogen-bond acceptors (Lipinski definition) is 4. The largest absolute Gasteiger partial charge is 0.314 e. The van der Waals surface area contributed by atoms with Gasteiger partial charge in [0.2, 0.25) is 0 Å². The van der Waals surface area contributed by atoms with Crippen molar-refractivity contribution in [3.63, 3.8) is 0 Å². The highest BCUT2D eigenvalue weighted by Crippen LogP contribution is 2.12. The molecular formula is C12H26N4. The zero-order chi connectivity index (χ0) is 11.5. The number of nitrogens with zero attached hydrogens (tertiary/aromatic N) is 2. The number of likely N-dealkylation sites (N-methyl/N-ethyl adjacent to an activating group) is 2. The van der Waals surface area contributed by atoms with Crippen LogP contribution in [0.25, 0.3) is 0 Å². The summed E-state index contributed by atoms with van der Waals surface area (Å²) in [6.07, 6.45) is 1.26. The Balaban J connectivity index is 1.82. The van der Waals surface area contributed by atoms with Gasteiger partial charge in [-0.25, -0.2) is 0 Å². The van der Waals surface area contributed by atoms with Gasteiger partial charge in [-0.15, -0.1) is 0 Å². The lowest BCUT2D eigenvalue weighted by atomic mass is 10.0. The highest BCUT2D eigenvalue weighted by atomic mass is 15.3. The van der Waals surface area contributed by atoms with Crippen LogP contribution in [-0.2, 0) is 0 Å². The first-order valence-corrected chi connectivity index (χ1v) is 6.50. The zero-order valence-electron chi connectivity index (χ0n) is 10.9. The molecule has 4 heteroatoms. The molecule has 16 heavy (non-hydrogen) atoms. The van der Waals surface area contributed by atoms with Gasteiger partial charge in [-0.05, 0) is 27.4 Å². The summed E-state index contributed by atoms with van der Waals surface area (Å²) in [6, 6.07) is 1.97. The van der Waals surface area contributed by atoms with E-state index >= 15 is 0 Å². The fourth-order valence-corrected chi connectivity index (χ4v) is 2.83. The topological polar surface area (TPSA) is 30.5 Å². The summed E-state index contributed by atoms with van der Waals surface area (Å²) >= 11 is 0. The van der Waals surface area contributed by atoms with Crippen LogP contribution in [0.15, 0.2) is 0 Å². The molecule has 2 rings (SSSR count). The first kappa shape index (κ1) is 12.3. The van der Waals surface area contributed by atoms with Crippen LogP contribution in [0.4, 0.5) is 0 Å². The van der Waals surface area contributed by atoms with Gasteiger partial charge in [-0.3, -0.25) is 0 Å². The van der Waals surface area contributed by atoms with Crippen LogP contribution in [0.1, 0.15) is 13.3 Å². The lowest BCUT2D eigenvalue weighted by Crippen LogP contribution is -2.58. The second kappa shape index (κ2) is 5.45. The van der Waals surface area contributed by atoms with Crippen molar-refractivity contribution in [3.8, 4) is 0 Å². The maximum absolute atomic E-state index is 3.69. The minimum absolute atomic E-state index is 0.616. The maximum Gasteiger partial charge on any atom is 0.0235 e. The Morgan fingerprint density at radius 2 is 2.00 bits per heavy atom. The Labute approximate surface area is 99.4 Å². The minimum Gasteiger partial charge on any atom is -0.314 e. The van der Waals surface area contributed by atoms with Crippen LogP contribution in [0.3, 0.4) is 0 Å². The van der Waals surface area contributed by atoms with Gasteiger partial charge in [0, 0.05) is 50.8 Å². The fourth-order valence-electron chi connectivity index (χ4n) is 2.83. The molecular weight excluding hydrogens is 200 g/mol. The third-order valence-corrected chi connectivity index (χ3v) is 3.90. The van der Waals surface area contributed by atoms with E-state index in [0.29, 0.717) is 18.1 Å². The van der Waals surface area contributed by atoms with Gasteiger partial charge in [-0.2, -0.15) is 0 Å². The Bertz CT molecular complexity index is 221. The summed E-state index contributed by atoms with van der Waals surface area (Å²) in [7, 11) is 4.49. The summed E-state index contributed by atoms with van der Waals surface area (Å²) in [4.78, 5) is 4.96. The van der Waals surface area contributed by atoms with Crippen molar-refractivity contribution in [1.29, 1.82) is 0 Å². The smallest absolute Gasteiger partial charge is 0.0235 e. The van der Waals surface area contributed by atoms with Crippen molar-refractivity contribution < 1.29 is 0 Å². The number of nitrogens with one attached hydrogen (secondary N) is 2. The second-order valence-corrected chi connectivity index (χ2v) is 5.56. The van der Waals surface area contributed by atoms with Crippen molar-refractivity contribution in [2.45, 2.75) is 31.5 Å². The van der Waals surface area contributed by atoms with Crippen molar-refractivity contribution >= 4 is 0 Å². The van der Waals surface area contributed by atoms with E-state index in [1.807, 2.05) is 0 Å². The van der Waals surface area contributed by atoms with Crippen molar-refractivity contribution in [2.24, 2.45) is 0 Å². The normalized spacial score (nSPS) is 38.8. The average molecular weight is 226 g/mol. The third-order valence-electron chi connectivity index (χ3n) is 3.90. The highest BCUT2D eigenvalue weighted by Gasteiger charge is 2.26. The van der Waals surface area contributed by atoms with E-state index in [-0.39, 0.29) is 0 Å². The summed E-state index contributed by atoms with van der Waals surface area (Å²) in [6.45, 7) is 8.12. The van der Waals surface area contributed by atoms with Crippen LogP contribution in [0, 0.1) is 0 Å². The van der Waals surface area contributed by atoms with Crippen molar-refractivity contribution in [3.05, 3.63) is 0 Å². The quantitative estimate of drug-likeness (QED) is 0.669. The molecule has 0 spiro atoms.